The zero-order valence-electron chi connectivity index (χ0n) is 13.5. The molecule has 20 heavy (non-hydrogen) atoms. The molecule has 0 aromatic carbocycles. The number of amides is 1. The Morgan fingerprint density at radius 2 is 2.00 bits per heavy atom. The summed E-state index contributed by atoms with van der Waals surface area (Å²) in [4.78, 5) is 15.1. The lowest BCUT2D eigenvalue weighted by atomic mass is 9.74. The number of carbonyl (C=O) groups excluding carboxylic acids is 1. The topological polar surface area (TPSA) is 32.3 Å². The van der Waals surface area contributed by atoms with Crippen LogP contribution in [0, 0.1) is 11.3 Å². The Kier molecular flexibility index (Phi) is 3.39. The molecule has 2 atom stereocenters. The third-order valence-corrected chi connectivity index (χ3v) is 5.44. The van der Waals surface area contributed by atoms with Gasteiger partial charge in [-0.2, -0.15) is 0 Å². The summed E-state index contributed by atoms with van der Waals surface area (Å²) in [6.45, 7) is 9.23. The summed E-state index contributed by atoms with van der Waals surface area (Å²) in [5, 5.41) is 3.67. The highest BCUT2D eigenvalue weighted by molar-refractivity contribution is 5.92. The van der Waals surface area contributed by atoms with E-state index in [1.165, 1.54) is 25.7 Å². The smallest absolute Gasteiger partial charge is 0.244 e. The Hall–Kier alpha value is -0.570. The summed E-state index contributed by atoms with van der Waals surface area (Å²) in [5.41, 5.74) is 0.242. The van der Waals surface area contributed by atoms with Crippen LogP contribution in [0.1, 0.15) is 72.6 Å². The quantitative estimate of drug-likeness (QED) is 0.859. The highest BCUT2D eigenvalue weighted by Gasteiger charge is 2.60. The minimum Gasteiger partial charge on any atom is -0.323 e. The number of hydrogen-bond donors (Lipinski definition) is 1. The largest absolute Gasteiger partial charge is 0.323 e. The summed E-state index contributed by atoms with van der Waals surface area (Å²) >= 11 is 0. The molecule has 0 bridgehead atoms. The fourth-order valence-electron chi connectivity index (χ4n) is 4.26. The molecular weight excluding hydrogens is 248 g/mol. The molecular formula is C17H30N2O. The maximum atomic E-state index is 12.9. The molecule has 2 unspecified atom stereocenters. The second kappa shape index (κ2) is 4.72. The van der Waals surface area contributed by atoms with Gasteiger partial charge in [0.05, 0.1) is 11.7 Å². The molecule has 2 saturated carbocycles. The molecule has 1 spiro atoms. The summed E-state index contributed by atoms with van der Waals surface area (Å²) in [6, 6.07) is 0.461. The Morgan fingerprint density at radius 3 is 2.55 bits per heavy atom. The molecule has 0 radical (unpaired) electrons. The van der Waals surface area contributed by atoms with E-state index in [0.717, 1.165) is 19.3 Å². The van der Waals surface area contributed by atoms with E-state index in [4.69, 9.17) is 0 Å². The van der Waals surface area contributed by atoms with Crippen LogP contribution in [0.3, 0.4) is 0 Å². The van der Waals surface area contributed by atoms with Crippen molar-refractivity contribution in [2.24, 2.45) is 11.3 Å². The first-order valence-electron chi connectivity index (χ1n) is 8.43. The van der Waals surface area contributed by atoms with E-state index in [9.17, 15) is 4.79 Å². The lowest BCUT2D eigenvalue weighted by Gasteiger charge is -2.42. The van der Waals surface area contributed by atoms with Crippen LogP contribution in [0.25, 0.3) is 0 Å². The molecule has 2 aliphatic carbocycles. The van der Waals surface area contributed by atoms with Crippen molar-refractivity contribution in [1.29, 1.82) is 0 Å². The number of hydrogen-bond acceptors (Lipinski definition) is 2. The fourth-order valence-corrected chi connectivity index (χ4v) is 4.26. The molecule has 1 saturated heterocycles. The normalized spacial score (nSPS) is 35.0. The van der Waals surface area contributed by atoms with Gasteiger partial charge in [-0.1, -0.05) is 34.1 Å². The van der Waals surface area contributed by atoms with Crippen LogP contribution in [0.4, 0.5) is 0 Å². The van der Waals surface area contributed by atoms with Crippen molar-refractivity contribution >= 4 is 5.91 Å². The number of nitrogens with zero attached hydrogens (tertiary/aromatic N) is 1. The van der Waals surface area contributed by atoms with Crippen molar-refractivity contribution in [2.75, 3.05) is 0 Å². The van der Waals surface area contributed by atoms with Crippen molar-refractivity contribution in [3.8, 4) is 0 Å². The zero-order valence-corrected chi connectivity index (χ0v) is 13.5. The Labute approximate surface area is 123 Å². The van der Waals surface area contributed by atoms with Gasteiger partial charge in [0, 0.05) is 6.04 Å². The first kappa shape index (κ1) is 14.4. The minimum absolute atomic E-state index is 0.152. The van der Waals surface area contributed by atoms with Crippen molar-refractivity contribution in [3.05, 3.63) is 0 Å². The average molecular weight is 278 g/mol. The molecule has 3 fully saturated rings. The Balaban J connectivity index is 1.79. The van der Waals surface area contributed by atoms with E-state index in [0.29, 0.717) is 23.3 Å². The third-order valence-electron chi connectivity index (χ3n) is 5.44. The van der Waals surface area contributed by atoms with Gasteiger partial charge in [-0.3, -0.25) is 10.1 Å². The molecule has 3 nitrogen and oxygen atoms in total. The first-order valence-corrected chi connectivity index (χ1v) is 8.43. The predicted octanol–water partition coefficient (Wildman–Crippen LogP) is 3.29. The van der Waals surface area contributed by atoms with Gasteiger partial charge in [0.2, 0.25) is 5.91 Å². The molecule has 3 aliphatic rings. The van der Waals surface area contributed by atoms with Crippen LogP contribution in [0.15, 0.2) is 0 Å². The Morgan fingerprint density at radius 1 is 1.30 bits per heavy atom. The van der Waals surface area contributed by atoms with Crippen molar-refractivity contribution < 1.29 is 4.79 Å². The SMILES string of the molecule is CC(C)CC1NC2(CC2)C(=O)N1C1CCCC(C)(C)C1. The number of rotatable bonds is 3. The van der Waals surface area contributed by atoms with Gasteiger partial charge in [0.15, 0.2) is 0 Å². The highest BCUT2D eigenvalue weighted by atomic mass is 16.2. The minimum atomic E-state index is -0.152. The summed E-state index contributed by atoms with van der Waals surface area (Å²) in [6.07, 6.45) is 8.41. The van der Waals surface area contributed by atoms with Gasteiger partial charge in [-0.25, -0.2) is 0 Å². The maximum absolute atomic E-state index is 12.9. The van der Waals surface area contributed by atoms with E-state index in [1.54, 1.807) is 0 Å². The van der Waals surface area contributed by atoms with Gasteiger partial charge in [0.25, 0.3) is 0 Å². The molecule has 1 heterocycles. The maximum Gasteiger partial charge on any atom is 0.244 e. The van der Waals surface area contributed by atoms with E-state index < -0.39 is 0 Å². The second-order valence-electron chi connectivity index (χ2n) is 8.50. The standard InChI is InChI=1S/C17H30N2O/c1-12(2)10-14-18-17(8-9-17)15(20)19(14)13-6-5-7-16(3,4)11-13/h12-14,18H,5-11H2,1-4H3. The van der Waals surface area contributed by atoms with Crippen LogP contribution in [-0.4, -0.2) is 28.6 Å². The van der Waals surface area contributed by atoms with Gasteiger partial charge in [-0.15, -0.1) is 0 Å². The molecule has 3 heteroatoms. The van der Waals surface area contributed by atoms with Gasteiger partial charge in [0.1, 0.15) is 0 Å². The van der Waals surface area contributed by atoms with Crippen molar-refractivity contribution in [1.82, 2.24) is 10.2 Å². The van der Waals surface area contributed by atoms with Gasteiger partial charge < -0.3 is 4.90 Å². The summed E-state index contributed by atoms with van der Waals surface area (Å²) in [5.74, 6) is 1.04. The van der Waals surface area contributed by atoms with Crippen molar-refractivity contribution in [3.63, 3.8) is 0 Å². The zero-order chi connectivity index (χ0) is 14.5. The summed E-state index contributed by atoms with van der Waals surface area (Å²) < 4.78 is 0. The predicted molar refractivity (Wildman–Crippen MR) is 81.2 cm³/mol. The van der Waals surface area contributed by atoms with E-state index in [2.05, 4.69) is 37.9 Å². The van der Waals surface area contributed by atoms with Crippen LogP contribution in [0.5, 0.6) is 0 Å². The number of nitrogens with one attached hydrogen (secondary N) is 1. The number of carbonyl (C=O) groups is 1. The van der Waals surface area contributed by atoms with Crippen LogP contribution < -0.4 is 5.32 Å². The monoisotopic (exact) mass is 278 g/mol. The van der Waals surface area contributed by atoms with Crippen LogP contribution in [-0.2, 0) is 4.79 Å². The molecule has 1 N–H and O–H groups in total. The lowest BCUT2D eigenvalue weighted by Crippen LogP contribution is -2.48. The molecule has 1 aliphatic heterocycles. The van der Waals surface area contributed by atoms with Crippen LogP contribution >= 0.6 is 0 Å². The average Bonchev–Trinajstić information content (AvgIpc) is 3.02. The molecule has 0 aromatic heterocycles. The third kappa shape index (κ3) is 2.49. The van der Waals surface area contributed by atoms with Gasteiger partial charge >= 0.3 is 0 Å². The molecule has 1 amide bonds. The van der Waals surface area contributed by atoms with E-state index >= 15 is 0 Å². The first-order chi connectivity index (χ1) is 9.33. The Bertz CT molecular complexity index is 398. The highest BCUT2D eigenvalue weighted by Crippen LogP contribution is 2.46. The molecule has 3 rings (SSSR count). The summed E-state index contributed by atoms with van der Waals surface area (Å²) in [7, 11) is 0. The van der Waals surface area contributed by atoms with Crippen LogP contribution in [0.2, 0.25) is 0 Å². The van der Waals surface area contributed by atoms with Gasteiger partial charge in [-0.05, 0) is 49.9 Å². The fraction of sp³-hybridized carbons (Fsp3) is 0.941. The second-order valence-corrected chi connectivity index (χ2v) is 8.50. The van der Waals surface area contributed by atoms with E-state index in [-0.39, 0.29) is 11.7 Å². The lowest BCUT2D eigenvalue weighted by molar-refractivity contribution is -0.134. The van der Waals surface area contributed by atoms with E-state index in [1.807, 2.05) is 0 Å². The molecule has 114 valence electrons. The molecule has 0 aromatic rings. The van der Waals surface area contributed by atoms with Crippen molar-refractivity contribution in [2.45, 2.75) is 90.4 Å².